The van der Waals surface area contributed by atoms with Crippen molar-refractivity contribution in [1.29, 1.82) is 0 Å². The van der Waals surface area contributed by atoms with Crippen LogP contribution in [0.4, 0.5) is 5.69 Å². The minimum absolute atomic E-state index is 0.186. The molecule has 1 heterocycles. The highest BCUT2D eigenvalue weighted by atomic mass is 32.2. The van der Waals surface area contributed by atoms with Crippen molar-refractivity contribution in [3.8, 4) is 16.3 Å². The van der Waals surface area contributed by atoms with Crippen LogP contribution >= 0.6 is 23.3 Å². The number of anilines is 1. The molecule has 1 aromatic heterocycles. The molecule has 0 amide bonds. The van der Waals surface area contributed by atoms with Crippen LogP contribution in [0.15, 0.2) is 65.0 Å². The Morgan fingerprint density at radius 2 is 1.85 bits per heavy atom. The molecule has 5 nitrogen and oxygen atoms in total. The van der Waals surface area contributed by atoms with Crippen LogP contribution in [0.25, 0.3) is 21.3 Å². The molecule has 1 aliphatic carbocycles. The van der Waals surface area contributed by atoms with Gasteiger partial charge in [0.05, 0.1) is 18.4 Å². The number of hydrogen-bond acceptors (Lipinski definition) is 6. The maximum Gasteiger partial charge on any atom is 0.335 e. The van der Waals surface area contributed by atoms with Crippen molar-refractivity contribution in [2.75, 3.05) is 11.8 Å². The van der Waals surface area contributed by atoms with Gasteiger partial charge in [0.1, 0.15) is 15.8 Å². The maximum absolute atomic E-state index is 11.2. The monoisotopic (exact) mass is 490 g/mol. The lowest BCUT2D eigenvalue weighted by molar-refractivity contribution is 0.0696. The number of nitrogens with zero attached hydrogens (tertiary/aromatic N) is 1. The van der Waals surface area contributed by atoms with Gasteiger partial charge in [-0.15, -0.1) is 11.3 Å². The predicted molar refractivity (Wildman–Crippen MR) is 140 cm³/mol. The Kier molecular flexibility index (Phi) is 6.74. The molecule has 0 saturated heterocycles. The van der Waals surface area contributed by atoms with Gasteiger partial charge in [-0.1, -0.05) is 49.6 Å². The summed E-state index contributed by atoms with van der Waals surface area (Å²) in [7, 11) is 1.52. The SMILES string of the molecule is COc1cc(C(=O)O)ccc1NSc1csc(-c2ccc3cc(C4CCCCC4)ccc3c2)n1. The van der Waals surface area contributed by atoms with Gasteiger partial charge in [0.25, 0.3) is 0 Å². The van der Waals surface area contributed by atoms with E-state index in [9.17, 15) is 4.79 Å². The van der Waals surface area contributed by atoms with Crippen LogP contribution in [0, 0.1) is 0 Å². The summed E-state index contributed by atoms with van der Waals surface area (Å²) >= 11 is 2.98. The molecular weight excluding hydrogens is 464 g/mol. The van der Waals surface area contributed by atoms with Gasteiger partial charge in [-0.05, 0) is 59.4 Å². The van der Waals surface area contributed by atoms with Gasteiger partial charge in [-0.25, -0.2) is 9.78 Å². The number of aromatic nitrogens is 1. The molecular formula is C27H26N2O3S2. The van der Waals surface area contributed by atoms with E-state index in [1.54, 1.807) is 23.5 Å². The summed E-state index contributed by atoms with van der Waals surface area (Å²) in [5.74, 6) is 0.204. The number of aromatic carboxylic acids is 1. The van der Waals surface area contributed by atoms with Gasteiger partial charge in [0.15, 0.2) is 0 Å². The highest BCUT2D eigenvalue weighted by Gasteiger charge is 2.16. The first-order valence-electron chi connectivity index (χ1n) is 11.4. The quantitative estimate of drug-likeness (QED) is 0.257. The summed E-state index contributed by atoms with van der Waals surface area (Å²) < 4.78 is 8.55. The number of carboxylic acids is 1. The lowest BCUT2D eigenvalue weighted by atomic mass is 9.83. The Morgan fingerprint density at radius 1 is 1.06 bits per heavy atom. The molecule has 0 spiro atoms. The third kappa shape index (κ3) is 4.91. The Hall–Kier alpha value is -3.03. The number of thiazole rings is 1. The second kappa shape index (κ2) is 10.1. The minimum Gasteiger partial charge on any atom is -0.495 e. The summed E-state index contributed by atoms with van der Waals surface area (Å²) in [6, 6.07) is 18.3. The first kappa shape index (κ1) is 22.7. The molecule has 0 bridgehead atoms. The molecule has 1 saturated carbocycles. The number of ether oxygens (including phenoxy) is 1. The summed E-state index contributed by atoms with van der Waals surface area (Å²) in [5.41, 5.74) is 3.47. The smallest absolute Gasteiger partial charge is 0.335 e. The van der Waals surface area contributed by atoms with Crippen molar-refractivity contribution >= 4 is 45.7 Å². The van der Waals surface area contributed by atoms with E-state index in [1.165, 1.54) is 73.6 Å². The van der Waals surface area contributed by atoms with E-state index in [1.807, 2.05) is 5.38 Å². The standard InChI is InChI=1S/C27H26N2O3S2/c1-32-24-15-22(27(30)31)11-12-23(24)29-34-25-16-33-26(28-25)21-10-9-19-13-18(7-8-20(19)14-21)17-5-3-2-4-6-17/h7-17,29H,2-6H2,1H3,(H,30,31). The molecule has 2 N–H and O–H groups in total. The topological polar surface area (TPSA) is 71.5 Å². The van der Waals surface area contributed by atoms with E-state index in [2.05, 4.69) is 41.1 Å². The average Bonchev–Trinajstić information content (AvgIpc) is 3.36. The first-order chi connectivity index (χ1) is 16.6. The lowest BCUT2D eigenvalue weighted by Gasteiger charge is -2.22. The molecule has 1 aliphatic rings. The molecule has 0 unspecified atom stereocenters. The number of methoxy groups -OCH3 is 1. The van der Waals surface area contributed by atoms with Gasteiger partial charge >= 0.3 is 5.97 Å². The van der Waals surface area contributed by atoms with E-state index in [0.717, 1.165) is 15.6 Å². The van der Waals surface area contributed by atoms with Crippen molar-refractivity contribution in [3.63, 3.8) is 0 Å². The highest BCUT2D eigenvalue weighted by Crippen LogP contribution is 2.36. The molecule has 4 aromatic rings. The third-order valence-electron chi connectivity index (χ3n) is 6.38. The highest BCUT2D eigenvalue weighted by molar-refractivity contribution is 8.00. The van der Waals surface area contributed by atoms with Crippen LogP contribution in [0.5, 0.6) is 5.75 Å². The fourth-order valence-corrected chi connectivity index (χ4v) is 6.14. The van der Waals surface area contributed by atoms with Crippen molar-refractivity contribution < 1.29 is 14.6 Å². The lowest BCUT2D eigenvalue weighted by Crippen LogP contribution is -2.04. The summed E-state index contributed by atoms with van der Waals surface area (Å²) in [6.45, 7) is 0. The number of hydrogen-bond donors (Lipinski definition) is 2. The summed E-state index contributed by atoms with van der Waals surface area (Å²) in [4.78, 5) is 16.0. The van der Waals surface area contributed by atoms with Crippen LogP contribution in [0.3, 0.4) is 0 Å². The van der Waals surface area contributed by atoms with Crippen LogP contribution in [0.2, 0.25) is 0 Å². The molecule has 5 rings (SSSR count). The number of rotatable bonds is 7. The van der Waals surface area contributed by atoms with Crippen LogP contribution in [-0.4, -0.2) is 23.2 Å². The van der Waals surface area contributed by atoms with Crippen molar-refractivity contribution in [3.05, 3.63) is 71.1 Å². The zero-order valence-electron chi connectivity index (χ0n) is 18.9. The van der Waals surface area contributed by atoms with Gasteiger partial charge in [0.2, 0.25) is 0 Å². The van der Waals surface area contributed by atoms with E-state index >= 15 is 0 Å². The Bertz CT molecular complexity index is 1330. The average molecular weight is 491 g/mol. The second-order valence-electron chi connectivity index (χ2n) is 8.57. The zero-order valence-corrected chi connectivity index (χ0v) is 20.5. The molecule has 1 fully saturated rings. The van der Waals surface area contributed by atoms with Crippen molar-refractivity contribution in [1.82, 2.24) is 4.98 Å². The van der Waals surface area contributed by atoms with Gasteiger partial charge in [0, 0.05) is 22.9 Å². The Morgan fingerprint density at radius 3 is 2.65 bits per heavy atom. The number of carboxylic acid groups (broad SMARTS) is 1. The maximum atomic E-state index is 11.2. The molecule has 174 valence electrons. The molecule has 0 radical (unpaired) electrons. The van der Waals surface area contributed by atoms with Gasteiger partial charge in [-0.2, -0.15) is 0 Å². The van der Waals surface area contributed by atoms with E-state index in [4.69, 9.17) is 14.8 Å². The second-order valence-corrected chi connectivity index (χ2v) is 10.3. The first-order valence-corrected chi connectivity index (χ1v) is 13.1. The number of benzene rings is 3. The Balaban J connectivity index is 1.30. The predicted octanol–water partition coefficient (Wildman–Crippen LogP) is 7.84. The van der Waals surface area contributed by atoms with Gasteiger partial charge < -0.3 is 14.6 Å². The largest absolute Gasteiger partial charge is 0.495 e. The number of fused-ring (bicyclic) bond motifs is 1. The fraction of sp³-hybridized carbons (Fsp3) is 0.259. The molecule has 0 aliphatic heterocycles. The number of nitrogens with one attached hydrogen (secondary N) is 1. The third-order valence-corrected chi connectivity index (χ3v) is 8.17. The van der Waals surface area contributed by atoms with Crippen molar-refractivity contribution in [2.24, 2.45) is 0 Å². The van der Waals surface area contributed by atoms with Crippen LogP contribution in [-0.2, 0) is 0 Å². The fourth-order valence-electron chi connectivity index (χ4n) is 4.54. The van der Waals surface area contributed by atoms with E-state index in [-0.39, 0.29) is 5.56 Å². The summed E-state index contributed by atoms with van der Waals surface area (Å²) in [6.07, 6.45) is 6.70. The van der Waals surface area contributed by atoms with Crippen LogP contribution < -0.4 is 9.46 Å². The molecule has 0 atom stereocenters. The number of carbonyl (C=O) groups is 1. The molecule has 3 aromatic carbocycles. The molecule has 34 heavy (non-hydrogen) atoms. The normalized spacial score (nSPS) is 14.3. The van der Waals surface area contributed by atoms with Crippen molar-refractivity contribution in [2.45, 2.75) is 43.0 Å². The Labute approximate surface area is 207 Å². The summed E-state index contributed by atoms with van der Waals surface area (Å²) in [5, 5.41) is 15.5. The molecule has 7 heteroatoms. The van der Waals surface area contributed by atoms with E-state index in [0.29, 0.717) is 17.4 Å². The minimum atomic E-state index is -0.984. The van der Waals surface area contributed by atoms with E-state index < -0.39 is 5.97 Å². The zero-order chi connectivity index (χ0) is 23.5. The van der Waals surface area contributed by atoms with Gasteiger partial charge in [-0.3, -0.25) is 0 Å². The van der Waals surface area contributed by atoms with Crippen LogP contribution in [0.1, 0.15) is 53.9 Å².